The Balaban J connectivity index is 0.000000606. The van der Waals surface area contributed by atoms with Crippen LogP contribution in [0.2, 0.25) is 0 Å². The molecule has 1 heterocycles. The Morgan fingerprint density at radius 2 is 1.62 bits per heavy atom. The first-order valence-corrected chi connectivity index (χ1v) is 5.60. The highest BCUT2D eigenvalue weighted by atomic mass is 16.4. The van der Waals surface area contributed by atoms with Gasteiger partial charge in [-0.1, -0.05) is 26.0 Å². The quantitative estimate of drug-likeness (QED) is 0.630. The number of fused-ring (bicyclic) bond motifs is 1. The summed E-state index contributed by atoms with van der Waals surface area (Å²) in [4.78, 5) is 11.4. The monoisotopic (exact) mass is 218 g/mol. The maximum absolute atomic E-state index is 11.4. The van der Waals surface area contributed by atoms with Gasteiger partial charge in [-0.15, -0.1) is 0 Å². The molecule has 1 aromatic heterocycles. The molecule has 0 aliphatic carbocycles. The van der Waals surface area contributed by atoms with E-state index >= 15 is 0 Å². The van der Waals surface area contributed by atoms with Gasteiger partial charge in [-0.25, -0.2) is 4.79 Å². The topological polar surface area (TPSA) is 30.2 Å². The van der Waals surface area contributed by atoms with E-state index < -0.39 is 0 Å². The van der Waals surface area contributed by atoms with E-state index in [9.17, 15) is 4.79 Å². The maximum atomic E-state index is 11.4. The molecule has 0 bridgehead atoms. The van der Waals surface area contributed by atoms with Crippen LogP contribution >= 0.6 is 0 Å². The average Bonchev–Trinajstić information content (AvgIpc) is 2.28. The van der Waals surface area contributed by atoms with Crippen molar-refractivity contribution in [3.05, 3.63) is 45.3 Å². The lowest BCUT2D eigenvalue weighted by atomic mass is 10.1. The van der Waals surface area contributed by atoms with Gasteiger partial charge in [0.15, 0.2) is 0 Å². The lowest BCUT2D eigenvalue weighted by Gasteiger charge is -2.03. The first-order valence-electron chi connectivity index (χ1n) is 5.60. The summed E-state index contributed by atoms with van der Waals surface area (Å²) in [7, 11) is 0. The first-order chi connectivity index (χ1) is 7.59. The molecule has 0 spiro atoms. The second kappa shape index (κ2) is 4.97. The first kappa shape index (κ1) is 12.5. The third-order valence-electron chi connectivity index (χ3n) is 2.61. The minimum absolute atomic E-state index is 0.236. The zero-order chi connectivity index (χ0) is 12.3. The highest BCUT2D eigenvalue weighted by Gasteiger charge is 2.06. The lowest BCUT2D eigenvalue weighted by Crippen LogP contribution is -2.05. The van der Waals surface area contributed by atoms with Crippen LogP contribution in [0.5, 0.6) is 0 Å². The molecule has 0 radical (unpaired) electrons. The molecule has 0 aliphatic heterocycles. The zero-order valence-electron chi connectivity index (χ0n) is 10.5. The maximum Gasteiger partial charge on any atom is 0.339 e. The second-order valence-electron chi connectivity index (χ2n) is 3.64. The fourth-order valence-electron chi connectivity index (χ4n) is 1.56. The van der Waals surface area contributed by atoms with E-state index in [0.717, 1.165) is 16.5 Å². The van der Waals surface area contributed by atoms with Crippen LogP contribution in [-0.4, -0.2) is 0 Å². The van der Waals surface area contributed by atoms with Gasteiger partial charge in [-0.2, -0.15) is 0 Å². The standard InChI is InChI=1S/C12H12O2.C2H6/c1-7-4-5-10-8(2)9(3)12(13)14-11(10)6-7;1-2/h4-6H,1-3H3;1-2H3. The van der Waals surface area contributed by atoms with Gasteiger partial charge in [0, 0.05) is 10.9 Å². The highest BCUT2D eigenvalue weighted by molar-refractivity contribution is 5.81. The molecule has 0 aliphatic rings. The van der Waals surface area contributed by atoms with Crippen molar-refractivity contribution in [3.63, 3.8) is 0 Å². The summed E-state index contributed by atoms with van der Waals surface area (Å²) < 4.78 is 5.20. The third-order valence-corrected chi connectivity index (χ3v) is 2.61. The summed E-state index contributed by atoms with van der Waals surface area (Å²) in [6.07, 6.45) is 0. The van der Waals surface area contributed by atoms with Crippen molar-refractivity contribution in [2.75, 3.05) is 0 Å². The molecule has 0 atom stereocenters. The summed E-state index contributed by atoms with van der Waals surface area (Å²) in [5, 5.41) is 1.02. The van der Waals surface area contributed by atoms with Crippen molar-refractivity contribution in [2.45, 2.75) is 34.6 Å². The average molecular weight is 218 g/mol. The van der Waals surface area contributed by atoms with Crippen molar-refractivity contribution in [3.8, 4) is 0 Å². The van der Waals surface area contributed by atoms with E-state index in [0.29, 0.717) is 11.1 Å². The van der Waals surface area contributed by atoms with Crippen molar-refractivity contribution in [1.29, 1.82) is 0 Å². The number of hydrogen-bond donors (Lipinski definition) is 0. The SMILES string of the molecule is CC.Cc1ccc2c(C)c(C)c(=O)oc2c1. The number of aryl methyl sites for hydroxylation is 2. The Bertz CT molecular complexity index is 550. The Hall–Kier alpha value is -1.57. The Kier molecular flexibility index (Phi) is 3.88. The van der Waals surface area contributed by atoms with Crippen LogP contribution in [0, 0.1) is 20.8 Å². The molecule has 86 valence electrons. The van der Waals surface area contributed by atoms with Crippen LogP contribution in [-0.2, 0) is 0 Å². The summed E-state index contributed by atoms with van der Waals surface area (Å²) >= 11 is 0. The van der Waals surface area contributed by atoms with Crippen molar-refractivity contribution in [2.24, 2.45) is 0 Å². The van der Waals surface area contributed by atoms with Gasteiger partial charge in [0.1, 0.15) is 5.58 Å². The lowest BCUT2D eigenvalue weighted by molar-refractivity contribution is 0.553. The smallest absolute Gasteiger partial charge is 0.339 e. The van der Waals surface area contributed by atoms with E-state index in [1.54, 1.807) is 6.92 Å². The van der Waals surface area contributed by atoms with E-state index in [-0.39, 0.29) is 5.63 Å². The van der Waals surface area contributed by atoms with Gasteiger partial charge >= 0.3 is 5.63 Å². The summed E-state index contributed by atoms with van der Waals surface area (Å²) in [6, 6.07) is 5.91. The predicted molar refractivity (Wildman–Crippen MR) is 68.0 cm³/mol. The van der Waals surface area contributed by atoms with E-state index in [2.05, 4.69) is 0 Å². The molecule has 0 unspecified atom stereocenters. The molecule has 16 heavy (non-hydrogen) atoms. The second-order valence-corrected chi connectivity index (χ2v) is 3.64. The van der Waals surface area contributed by atoms with Crippen molar-refractivity contribution < 1.29 is 4.42 Å². The number of rotatable bonds is 0. The van der Waals surface area contributed by atoms with Gasteiger partial charge in [-0.3, -0.25) is 0 Å². The zero-order valence-corrected chi connectivity index (χ0v) is 10.5. The normalized spacial score (nSPS) is 9.81. The number of hydrogen-bond acceptors (Lipinski definition) is 2. The highest BCUT2D eigenvalue weighted by Crippen LogP contribution is 2.19. The molecule has 2 heteroatoms. The molecule has 0 fully saturated rings. The molecule has 1 aromatic carbocycles. The third kappa shape index (κ3) is 2.16. The van der Waals surface area contributed by atoms with Gasteiger partial charge in [0.25, 0.3) is 0 Å². The van der Waals surface area contributed by atoms with Gasteiger partial charge in [-0.05, 0) is 38.0 Å². The minimum atomic E-state index is -0.236. The van der Waals surface area contributed by atoms with Gasteiger partial charge in [0.2, 0.25) is 0 Å². The summed E-state index contributed by atoms with van der Waals surface area (Å²) in [5.41, 5.74) is 3.25. The molecule has 0 amide bonds. The van der Waals surface area contributed by atoms with Crippen molar-refractivity contribution >= 4 is 11.0 Å². The van der Waals surface area contributed by atoms with Crippen LogP contribution in [0.1, 0.15) is 30.5 Å². The fraction of sp³-hybridized carbons (Fsp3) is 0.357. The van der Waals surface area contributed by atoms with Gasteiger partial charge < -0.3 is 4.42 Å². The molecule has 2 rings (SSSR count). The molecule has 2 nitrogen and oxygen atoms in total. The Morgan fingerprint density at radius 3 is 2.25 bits per heavy atom. The van der Waals surface area contributed by atoms with Crippen LogP contribution in [0.25, 0.3) is 11.0 Å². The van der Waals surface area contributed by atoms with Gasteiger partial charge in [0.05, 0.1) is 0 Å². The van der Waals surface area contributed by atoms with Crippen molar-refractivity contribution in [1.82, 2.24) is 0 Å². The van der Waals surface area contributed by atoms with Crippen LogP contribution in [0.3, 0.4) is 0 Å². The molecule has 0 saturated heterocycles. The van der Waals surface area contributed by atoms with Crippen LogP contribution in [0.4, 0.5) is 0 Å². The van der Waals surface area contributed by atoms with E-state index in [1.807, 2.05) is 45.9 Å². The molecule has 0 saturated carbocycles. The van der Waals surface area contributed by atoms with Crippen LogP contribution in [0.15, 0.2) is 27.4 Å². The predicted octanol–water partition coefficient (Wildman–Crippen LogP) is 3.74. The summed E-state index contributed by atoms with van der Waals surface area (Å²) in [5.74, 6) is 0. The fourth-order valence-corrected chi connectivity index (χ4v) is 1.56. The van der Waals surface area contributed by atoms with Crippen LogP contribution < -0.4 is 5.63 Å². The molecule has 0 N–H and O–H groups in total. The Labute approximate surface area is 95.9 Å². The number of benzene rings is 1. The Morgan fingerprint density at radius 1 is 1.00 bits per heavy atom. The van der Waals surface area contributed by atoms with E-state index in [4.69, 9.17) is 4.42 Å². The van der Waals surface area contributed by atoms with E-state index in [1.165, 1.54) is 0 Å². The molecule has 2 aromatic rings. The summed E-state index contributed by atoms with van der Waals surface area (Å²) in [6.45, 7) is 9.72. The minimum Gasteiger partial charge on any atom is -0.423 e. The largest absolute Gasteiger partial charge is 0.423 e. The molecular weight excluding hydrogens is 200 g/mol. The molecular formula is C14H18O2.